The van der Waals surface area contributed by atoms with Crippen molar-refractivity contribution in [1.29, 1.82) is 0 Å². The van der Waals surface area contributed by atoms with Gasteiger partial charge >= 0.3 is 0 Å². The van der Waals surface area contributed by atoms with E-state index < -0.39 is 6.10 Å². The van der Waals surface area contributed by atoms with Crippen molar-refractivity contribution in [2.24, 2.45) is 0 Å². The average Bonchev–Trinajstić information content (AvgIpc) is 2.53. The second kappa shape index (κ2) is 8.19. The highest BCUT2D eigenvalue weighted by Crippen LogP contribution is 2.22. The van der Waals surface area contributed by atoms with Gasteiger partial charge in [0, 0.05) is 18.2 Å². The first-order chi connectivity index (χ1) is 10.2. The molecule has 2 rings (SSSR count). The fourth-order valence-electron chi connectivity index (χ4n) is 2.36. The lowest BCUT2D eigenvalue weighted by atomic mass is 10.1. The smallest absolute Gasteiger partial charge is 0.121 e. The molecule has 0 spiro atoms. The van der Waals surface area contributed by atoms with Crippen molar-refractivity contribution in [3.63, 3.8) is 0 Å². The highest BCUT2D eigenvalue weighted by atomic mass is 16.5. The number of benzene rings is 1. The Morgan fingerprint density at radius 2 is 2.10 bits per heavy atom. The summed E-state index contributed by atoms with van der Waals surface area (Å²) in [7, 11) is 0. The largest absolute Gasteiger partial charge is 0.508 e. The van der Waals surface area contributed by atoms with Gasteiger partial charge in [-0.1, -0.05) is 0 Å². The number of aromatic hydroxyl groups is 1. The molecule has 0 radical (unpaired) electrons. The summed E-state index contributed by atoms with van der Waals surface area (Å²) in [6.07, 6.45) is 1.56. The molecule has 6 heteroatoms. The normalized spacial score (nSPS) is 17.6. The standard InChI is InChI=1S/C15H24N2O4/c18-9-11-7-14(1-2-15(11)20)21-10-13(19)8-17-12-3-5-16-6-4-12/h1-2,7,12-13,16-20H,3-6,8-10H2. The van der Waals surface area contributed by atoms with Crippen molar-refractivity contribution >= 4 is 0 Å². The molecule has 0 bridgehead atoms. The number of piperidine rings is 1. The molecule has 0 aromatic heterocycles. The predicted molar refractivity (Wildman–Crippen MR) is 79.4 cm³/mol. The molecular weight excluding hydrogens is 272 g/mol. The van der Waals surface area contributed by atoms with Crippen LogP contribution in [0.2, 0.25) is 0 Å². The van der Waals surface area contributed by atoms with Crippen LogP contribution in [0.3, 0.4) is 0 Å². The van der Waals surface area contributed by atoms with Crippen molar-refractivity contribution in [1.82, 2.24) is 10.6 Å². The summed E-state index contributed by atoms with van der Waals surface area (Å²) in [5, 5.41) is 35.1. The maximum atomic E-state index is 9.92. The molecule has 1 fully saturated rings. The summed E-state index contributed by atoms with van der Waals surface area (Å²) < 4.78 is 5.48. The summed E-state index contributed by atoms with van der Waals surface area (Å²) in [5.74, 6) is 0.565. The Balaban J connectivity index is 1.71. The molecule has 1 saturated heterocycles. The minimum absolute atomic E-state index is 0.0398. The zero-order valence-corrected chi connectivity index (χ0v) is 12.1. The van der Waals surface area contributed by atoms with Crippen LogP contribution in [0.15, 0.2) is 18.2 Å². The molecule has 0 amide bonds. The van der Waals surface area contributed by atoms with Gasteiger partial charge in [-0.25, -0.2) is 0 Å². The Labute approximate surface area is 124 Å². The van der Waals surface area contributed by atoms with Gasteiger partial charge in [-0.3, -0.25) is 0 Å². The number of nitrogens with one attached hydrogen (secondary N) is 2. The highest BCUT2D eigenvalue weighted by Gasteiger charge is 2.14. The molecule has 5 N–H and O–H groups in total. The predicted octanol–water partition coefficient (Wildman–Crippen LogP) is -0.0342. The zero-order chi connectivity index (χ0) is 15.1. The van der Waals surface area contributed by atoms with E-state index in [1.807, 2.05) is 0 Å². The molecule has 1 unspecified atom stereocenters. The molecule has 1 aromatic rings. The Hall–Kier alpha value is -1.34. The topological polar surface area (TPSA) is 94.0 Å². The van der Waals surface area contributed by atoms with Crippen molar-refractivity contribution in [2.75, 3.05) is 26.2 Å². The van der Waals surface area contributed by atoms with E-state index in [1.54, 1.807) is 12.1 Å². The van der Waals surface area contributed by atoms with Crippen LogP contribution in [0.4, 0.5) is 0 Å². The van der Waals surface area contributed by atoms with E-state index >= 15 is 0 Å². The van der Waals surface area contributed by atoms with E-state index in [9.17, 15) is 10.2 Å². The maximum absolute atomic E-state index is 9.92. The minimum Gasteiger partial charge on any atom is -0.508 e. The van der Waals surface area contributed by atoms with E-state index in [1.165, 1.54) is 6.07 Å². The van der Waals surface area contributed by atoms with Gasteiger partial charge in [-0.15, -0.1) is 0 Å². The number of hydrogen-bond acceptors (Lipinski definition) is 6. The summed E-state index contributed by atoms with van der Waals surface area (Å²) in [6.45, 7) is 2.45. The third-order valence-corrected chi connectivity index (χ3v) is 3.64. The summed E-state index contributed by atoms with van der Waals surface area (Å²) in [5.41, 5.74) is 0.412. The van der Waals surface area contributed by atoms with Gasteiger partial charge in [-0.05, 0) is 44.1 Å². The molecule has 1 heterocycles. The van der Waals surface area contributed by atoms with Crippen molar-refractivity contribution in [3.05, 3.63) is 23.8 Å². The molecule has 118 valence electrons. The lowest BCUT2D eigenvalue weighted by Gasteiger charge is -2.25. The number of rotatable bonds is 7. The number of aliphatic hydroxyl groups excluding tert-OH is 2. The molecule has 1 atom stereocenters. The number of phenols is 1. The third-order valence-electron chi connectivity index (χ3n) is 3.64. The lowest BCUT2D eigenvalue weighted by molar-refractivity contribution is 0.102. The molecule has 6 nitrogen and oxygen atoms in total. The Kier molecular flexibility index (Phi) is 6.25. The van der Waals surface area contributed by atoms with Crippen LogP contribution in [0.25, 0.3) is 0 Å². The molecule has 0 saturated carbocycles. The monoisotopic (exact) mass is 296 g/mol. The first-order valence-electron chi connectivity index (χ1n) is 7.36. The Morgan fingerprint density at radius 3 is 2.81 bits per heavy atom. The fraction of sp³-hybridized carbons (Fsp3) is 0.600. The van der Waals surface area contributed by atoms with Crippen molar-refractivity contribution < 1.29 is 20.1 Å². The zero-order valence-electron chi connectivity index (χ0n) is 12.1. The molecule has 1 aliphatic heterocycles. The van der Waals surface area contributed by atoms with Crippen LogP contribution >= 0.6 is 0 Å². The highest BCUT2D eigenvalue weighted by molar-refractivity contribution is 5.38. The van der Waals surface area contributed by atoms with E-state index in [0.29, 0.717) is 23.9 Å². The second-order valence-electron chi connectivity index (χ2n) is 5.35. The van der Waals surface area contributed by atoms with E-state index in [4.69, 9.17) is 9.84 Å². The van der Waals surface area contributed by atoms with Crippen LogP contribution < -0.4 is 15.4 Å². The number of ether oxygens (including phenoxy) is 1. The quantitative estimate of drug-likeness (QED) is 0.485. The Morgan fingerprint density at radius 1 is 1.33 bits per heavy atom. The summed E-state index contributed by atoms with van der Waals surface area (Å²) in [4.78, 5) is 0. The van der Waals surface area contributed by atoms with Gasteiger partial charge < -0.3 is 30.7 Å². The molecule has 21 heavy (non-hydrogen) atoms. The molecular formula is C15H24N2O4. The van der Waals surface area contributed by atoms with Gasteiger partial charge in [0.15, 0.2) is 0 Å². The fourth-order valence-corrected chi connectivity index (χ4v) is 2.36. The molecule has 0 aliphatic carbocycles. The van der Waals surface area contributed by atoms with Crippen LogP contribution in [0.5, 0.6) is 11.5 Å². The van der Waals surface area contributed by atoms with Crippen LogP contribution in [0, 0.1) is 0 Å². The minimum atomic E-state index is -0.591. The van der Waals surface area contributed by atoms with Gasteiger partial charge in [-0.2, -0.15) is 0 Å². The van der Waals surface area contributed by atoms with Gasteiger partial charge in [0.05, 0.1) is 6.61 Å². The van der Waals surface area contributed by atoms with Gasteiger partial charge in [0.25, 0.3) is 0 Å². The summed E-state index contributed by atoms with van der Waals surface area (Å²) in [6, 6.07) is 5.11. The van der Waals surface area contributed by atoms with E-state index in [2.05, 4.69) is 10.6 Å². The van der Waals surface area contributed by atoms with Crippen molar-refractivity contribution in [2.45, 2.75) is 31.6 Å². The number of aliphatic hydroxyl groups is 2. The van der Waals surface area contributed by atoms with E-state index in [-0.39, 0.29) is 19.0 Å². The summed E-state index contributed by atoms with van der Waals surface area (Å²) >= 11 is 0. The van der Waals surface area contributed by atoms with Gasteiger partial charge in [0.2, 0.25) is 0 Å². The Bertz CT molecular complexity index is 436. The molecule has 1 aliphatic rings. The van der Waals surface area contributed by atoms with Crippen LogP contribution in [-0.2, 0) is 6.61 Å². The molecule has 1 aromatic carbocycles. The second-order valence-corrected chi connectivity index (χ2v) is 5.35. The maximum Gasteiger partial charge on any atom is 0.121 e. The third kappa shape index (κ3) is 5.17. The average molecular weight is 296 g/mol. The number of hydrogen-bond donors (Lipinski definition) is 5. The van der Waals surface area contributed by atoms with Crippen LogP contribution in [-0.4, -0.2) is 53.7 Å². The van der Waals surface area contributed by atoms with Crippen LogP contribution in [0.1, 0.15) is 18.4 Å². The lowest BCUT2D eigenvalue weighted by Crippen LogP contribution is -2.43. The first kappa shape index (κ1) is 16.0. The first-order valence-corrected chi connectivity index (χ1v) is 7.36. The van der Waals surface area contributed by atoms with Gasteiger partial charge in [0.1, 0.15) is 24.2 Å². The van der Waals surface area contributed by atoms with E-state index in [0.717, 1.165) is 25.9 Å². The SMILES string of the molecule is OCc1cc(OCC(O)CNC2CCNCC2)ccc1O. The van der Waals surface area contributed by atoms with Crippen molar-refractivity contribution in [3.8, 4) is 11.5 Å².